The first-order valence-corrected chi connectivity index (χ1v) is 7.31. The lowest BCUT2D eigenvalue weighted by atomic mass is 10.1. The first-order chi connectivity index (χ1) is 11.5. The lowest BCUT2D eigenvalue weighted by Gasteiger charge is -2.06. The number of fused-ring (bicyclic) bond motifs is 1. The lowest BCUT2D eigenvalue weighted by Crippen LogP contribution is -2.02. The molecule has 1 heterocycles. The van der Waals surface area contributed by atoms with E-state index in [0.717, 1.165) is 10.9 Å². The molecular weight excluding hydrogens is 306 g/mol. The number of nitrogens with zero attached hydrogens (tertiary/aromatic N) is 1. The van der Waals surface area contributed by atoms with Crippen molar-refractivity contribution < 1.29 is 19.7 Å². The van der Waals surface area contributed by atoms with Gasteiger partial charge in [-0.3, -0.25) is 4.79 Å². The predicted molar refractivity (Wildman–Crippen MR) is 91.8 cm³/mol. The number of aromatic nitrogens is 1. The third-order valence-electron chi connectivity index (χ3n) is 3.40. The summed E-state index contributed by atoms with van der Waals surface area (Å²) in [4.78, 5) is 15.7. The van der Waals surface area contributed by atoms with Gasteiger partial charge in [-0.2, -0.15) is 0 Å². The Labute approximate surface area is 138 Å². The van der Waals surface area contributed by atoms with E-state index in [0.29, 0.717) is 17.0 Å². The molecule has 3 rings (SSSR count). The summed E-state index contributed by atoms with van der Waals surface area (Å²) >= 11 is 0. The third kappa shape index (κ3) is 3.35. The van der Waals surface area contributed by atoms with Crippen molar-refractivity contribution in [2.24, 2.45) is 0 Å². The Hall–Kier alpha value is -3.34. The highest BCUT2D eigenvalue weighted by Crippen LogP contribution is 2.27. The first kappa shape index (κ1) is 15.6. The van der Waals surface area contributed by atoms with E-state index >= 15 is 0 Å². The summed E-state index contributed by atoms with van der Waals surface area (Å²) in [7, 11) is 0. The van der Waals surface area contributed by atoms with Gasteiger partial charge < -0.3 is 14.9 Å². The first-order valence-electron chi connectivity index (χ1n) is 7.31. The monoisotopic (exact) mass is 321 g/mol. The van der Waals surface area contributed by atoms with Gasteiger partial charge in [-0.1, -0.05) is 30.3 Å². The van der Waals surface area contributed by atoms with E-state index in [4.69, 9.17) is 4.74 Å². The molecule has 0 saturated carbocycles. The number of ether oxygens (including phenoxy) is 1. The molecular formula is C19H15NO4. The Morgan fingerprint density at radius 1 is 1.04 bits per heavy atom. The van der Waals surface area contributed by atoms with Crippen LogP contribution in [0.2, 0.25) is 0 Å². The predicted octanol–water partition coefficient (Wildman–Crippen LogP) is 3.74. The van der Waals surface area contributed by atoms with Crippen LogP contribution >= 0.6 is 0 Å². The van der Waals surface area contributed by atoms with Crippen molar-refractivity contribution in [2.45, 2.75) is 6.92 Å². The van der Waals surface area contributed by atoms with Gasteiger partial charge in [0.1, 0.15) is 5.52 Å². The van der Waals surface area contributed by atoms with E-state index in [1.54, 1.807) is 30.4 Å². The molecule has 1 aromatic heterocycles. The molecule has 5 heteroatoms. The maximum Gasteiger partial charge on any atom is 0.308 e. The molecule has 0 aliphatic heterocycles. The molecule has 2 aromatic carbocycles. The fraction of sp³-hybridized carbons (Fsp3) is 0.0526. The minimum Gasteiger partial charge on any atom is -0.504 e. The number of phenolic OH excluding ortho intramolecular Hbond substituents is 2. The van der Waals surface area contributed by atoms with Crippen molar-refractivity contribution in [3.05, 3.63) is 59.8 Å². The van der Waals surface area contributed by atoms with Crippen LogP contribution < -0.4 is 4.74 Å². The molecule has 0 radical (unpaired) electrons. The molecule has 0 saturated heterocycles. The molecule has 0 bridgehead atoms. The second-order valence-electron chi connectivity index (χ2n) is 5.24. The van der Waals surface area contributed by atoms with Crippen molar-refractivity contribution in [1.29, 1.82) is 0 Å². The number of carbonyl (C=O) groups is 1. The molecule has 0 unspecified atom stereocenters. The van der Waals surface area contributed by atoms with Crippen molar-refractivity contribution in [2.75, 3.05) is 0 Å². The summed E-state index contributed by atoms with van der Waals surface area (Å²) in [5, 5.41) is 19.7. The van der Waals surface area contributed by atoms with E-state index < -0.39 is 5.97 Å². The maximum atomic E-state index is 11.2. The van der Waals surface area contributed by atoms with Crippen LogP contribution in [0, 0.1) is 0 Å². The average molecular weight is 321 g/mol. The highest BCUT2D eigenvalue weighted by molar-refractivity contribution is 5.88. The molecule has 0 fully saturated rings. The Bertz CT molecular complexity index is 947. The van der Waals surface area contributed by atoms with Crippen molar-refractivity contribution in [3.8, 4) is 17.2 Å². The van der Waals surface area contributed by atoms with Gasteiger partial charge in [-0.25, -0.2) is 4.98 Å². The SMILES string of the molecule is CC(=O)Oc1cccc2ccc(/C=C/c3ccc(O)c(O)c3)nc12. The fourth-order valence-corrected chi connectivity index (χ4v) is 2.29. The largest absolute Gasteiger partial charge is 0.504 e. The Kier molecular flexibility index (Phi) is 4.16. The number of phenols is 2. The lowest BCUT2D eigenvalue weighted by molar-refractivity contribution is -0.131. The van der Waals surface area contributed by atoms with Gasteiger partial charge in [-0.05, 0) is 35.9 Å². The molecule has 0 atom stereocenters. The Morgan fingerprint density at radius 2 is 1.88 bits per heavy atom. The Morgan fingerprint density at radius 3 is 2.62 bits per heavy atom. The number of para-hydroxylation sites is 1. The van der Waals surface area contributed by atoms with Crippen LogP contribution in [-0.4, -0.2) is 21.2 Å². The number of rotatable bonds is 3. The quantitative estimate of drug-likeness (QED) is 0.436. The van der Waals surface area contributed by atoms with Gasteiger partial charge in [0.2, 0.25) is 0 Å². The van der Waals surface area contributed by atoms with E-state index in [-0.39, 0.29) is 11.5 Å². The van der Waals surface area contributed by atoms with Gasteiger partial charge in [-0.15, -0.1) is 0 Å². The summed E-state index contributed by atoms with van der Waals surface area (Å²) in [5.41, 5.74) is 2.00. The minimum atomic E-state index is -0.398. The van der Waals surface area contributed by atoms with Crippen LogP contribution in [0.25, 0.3) is 23.1 Å². The normalized spacial score (nSPS) is 11.0. The maximum absolute atomic E-state index is 11.2. The Balaban J connectivity index is 1.96. The van der Waals surface area contributed by atoms with Crippen molar-refractivity contribution in [1.82, 2.24) is 4.98 Å². The fourth-order valence-electron chi connectivity index (χ4n) is 2.29. The zero-order valence-corrected chi connectivity index (χ0v) is 12.9. The number of aromatic hydroxyl groups is 2. The molecule has 0 spiro atoms. The summed E-state index contributed by atoms with van der Waals surface area (Å²) in [6.07, 6.45) is 3.54. The molecule has 120 valence electrons. The summed E-state index contributed by atoms with van der Waals surface area (Å²) in [6.45, 7) is 1.35. The minimum absolute atomic E-state index is 0.165. The van der Waals surface area contributed by atoms with Gasteiger partial charge in [0.15, 0.2) is 17.2 Å². The van der Waals surface area contributed by atoms with Crippen LogP contribution in [0.3, 0.4) is 0 Å². The van der Waals surface area contributed by atoms with Crippen LogP contribution in [-0.2, 0) is 4.79 Å². The average Bonchev–Trinajstić information content (AvgIpc) is 2.56. The summed E-state index contributed by atoms with van der Waals surface area (Å²) in [5.74, 6) is -0.329. The number of carbonyl (C=O) groups excluding carboxylic acids is 1. The van der Waals surface area contributed by atoms with Crippen LogP contribution in [0.4, 0.5) is 0 Å². The van der Waals surface area contributed by atoms with E-state index in [9.17, 15) is 15.0 Å². The standard InChI is InChI=1S/C19H15NO4/c1-12(21)24-18-4-2-3-14-7-9-15(20-19(14)18)8-5-13-6-10-16(22)17(23)11-13/h2-11,22-23H,1H3/b8-5+. The number of hydrogen-bond acceptors (Lipinski definition) is 5. The van der Waals surface area contributed by atoms with Crippen LogP contribution in [0.5, 0.6) is 17.2 Å². The number of benzene rings is 2. The van der Waals surface area contributed by atoms with Crippen molar-refractivity contribution in [3.63, 3.8) is 0 Å². The zero-order chi connectivity index (χ0) is 17.1. The smallest absolute Gasteiger partial charge is 0.308 e. The molecule has 24 heavy (non-hydrogen) atoms. The van der Waals surface area contributed by atoms with Crippen LogP contribution in [0.1, 0.15) is 18.2 Å². The van der Waals surface area contributed by atoms with E-state index in [1.165, 1.54) is 19.1 Å². The second kappa shape index (κ2) is 6.42. The van der Waals surface area contributed by atoms with Gasteiger partial charge in [0.25, 0.3) is 0 Å². The highest BCUT2D eigenvalue weighted by Gasteiger charge is 2.06. The molecule has 0 aliphatic carbocycles. The molecule has 5 nitrogen and oxygen atoms in total. The second-order valence-corrected chi connectivity index (χ2v) is 5.24. The molecule has 0 amide bonds. The van der Waals surface area contributed by atoms with E-state index in [2.05, 4.69) is 4.98 Å². The zero-order valence-electron chi connectivity index (χ0n) is 12.9. The molecule has 3 aromatic rings. The topological polar surface area (TPSA) is 79.7 Å². The van der Waals surface area contributed by atoms with Crippen LogP contribution in [0.15, 0.2) is 48.5 Å². The number of hydrogen-bond donors (Lipinski definition) is 2. The van der Waals surface area contributed by atoms with Gasteiger partial charge >= 0.3 is 5.97 Å². The number of esters is 1. The molecule has 2 N–H and O–H groups in total. The van der Waals surface area contributed by atoms with E-state index in [1.807, 2.05) is 18.2 Å². The summed E-state index contributed by atoms with van der Waals surface area (Å²) < 4.78 is 5.19. The summed E-state index contributed by atoms with van der Waals surface area (Å²) in [6, 6.07) is 13.7. The van der Waals surface area contributed by atoms with Crippen molar-refractivity contribution >= 4 is 29.0 Å². The van der Waals surface area contributed by atoms with Gasteiger partial charge in [0, 0.05) is 12.3 Å². The molecule has 0 aliphatic rings. The number of pyridine rings is 1. The third-order valence-corrected chi connectivity index (χ3v) is 3.40. The highest BCUT2D eigenvalue weighted by atomic mass is 16.5. The van der Waals surface area contributed by atoms with Gasteiger partial charge in [0.05, 0.1) is 5.69 Å².